The predicted octanol–water partition coefficient (Wildman–Crippen LogP) is 8.13. The molecule has 2 N–H and O–H groups in total. The van der Waals surface area contributed by atoms with Crippen molar-refractivity contribution in [3.8, 4) is 11.5 Å². The van der Waals surface area contributed by atoms with Gasteiger partial charge in [0.15, 0.2) is 5.78 Å². The molecule has 5 aromatic rings. The molecule has 2 saturated heterocycles. The number of rotatable bonds is 8. The van der Waals surface area contributed by atoms with Gasteiger partial charge in [-0.25, -0.2) is 0 Å². The summed E-state index contributed by atoms with van der Waals surface area (Å²) < 4.78 is 5.47. The number of ketones is 1. The fraction of sp³-hybridized carbons (Fsp3) is 0.196. The smallest absolute Gasteiger partial charge is 0.260 e. The Labute approximate surface area is 343 Å². The monoisotopic (exact) mass is 811 g/mol. The third-order valence-corrected chi connectivity index (χ3v) is 12.8. The van der Waals surface area contributed by atoms with Crippen molar-refractivity contribution in [1.82, 2.24) is 5.01 Å². The van der Waals surface area contributed by atoms with Crippen LogP contribution in [0.3, 0.4) is 0 Å². The van der Waals surface area contributed by atoms with Gasteiger partial charge in [-0.05, 0) is 96.6 Å². The minimum absolute atomic E-state index is 0.0393. The summed E-state index contributed by atoms with van der Waals surface area (Å²) in [6, 6.07) is 33.5. The SMILES string of the molecule is COc1ccc(C23C(=O)N(Nc4ccc(Cl)cc4Cl)C(=O)C2CC2C(=CCC4C(=O)N(c5ccc(C(=O)c6ccccc6)cc5)C(=O)C42)C3c2cccc(O)c2)cc1. The maximum absolute atomic E-state index is 15.4. The first-order valence-corrected chi connectivity index (χ1v) is 19.6. The molecular formula is C46H35Cl2N3O7. The highest BCUT2D eigenvalue weighted by atomic mass is 35.5. The van der Waals surface area contributed by atoms with Crippen LogP contribution in [0.5, 0.6) is 11.5 Å². The summed E-state index contributed by atoms with van der Waals surface area (Å²) in [5.74, 6) is -5.62. The second kappa shape index (κ2) is 14.3. The summed E-state index contributed by atoms with van der Waals surface area (Å²) in [5, 5.41) is 12.4. The molecule has 290 valence electrons. The van der Waals surface area contributed by atoms with Gasteiger partial charge in [0.2, 0.25) is 11.8 Å². The van der Waals surface area contributed by atoms with Crippen molar-refractivity contribution in [3.63, 3.8) is 0 Å². The van der Waals surface area contributed by atoms with Crippen LogP contribution in [0.1, 0.15) is 45.8 Å². The molecule has 0 bridgehead atoms. The molecule has 0 radical (unpaired) electrons. The number of hydrogen-bond acceptors (Lipinski definition) is 8. The summed E-state index contributed by atoms with van der Waals surface area (Å²) >= 11 is 12.7. The molecule has 10 nitrogen and oxygen atoms in total. The molecule has 6 atom stereocenters. The molecule has 4 aliphatic rings. The lowest BCUT2D eigenvalue weighted by Gasteiger charge is -2.50. The van der Waals surface area contributed by atoms with Crippen LogP contribution < -0.4 is 15.1 Å². The number of nitrogens with zero attached hydrogens (tertiary/aromatic N) is 2. The Morgan fingerprint density at radius 2 is 1.52 bits per heavy atom. The first-order chi connectivity index (χ1) is 28.0. The van der Waals surface area contributed by atoms with Crippen LogP contribution in [0, 0.1) is 23.7 Å². The quantitative estimate of drug-likeness (QED) is 0.0913. The van der Waals surface area contributed by atoms with E-state index in [-0.39, 0.29) is 41.0 Å². The lowest BCUT2D eigenvalue weighted by atomic mass is 9.49. The Hall–Kier alpha value is -6.23. The van der Waals surface area contributed by atoms with Gasteiger partial charge in [0.1, 0.15) is 11.5 Å². The number of allylic oxidation sites excluding steroid dienone is 2. The standard InChI is InChI=1S/C46H35Cl2N3O7/c1-58-32-17-12-28(13-18-32)46-36(43(55)51(45(46)57)49-38-21-14-29(47)23-37(38)48)24-35-33(40(46)27-8-5-9-31(52)22-27)19-20-34-39(35)44(56)50(42(34)54)30-15-10-26(11-16-30)41(53)25-6-3-2-4-7-25/h2-19,21-23,34-36,39-40,49,52H,20,24H2,1H3. The number of anilines is 2. The zero-order valence-corrected chi connectivity index (χ0v) is 32.5. The van der Waals surface area contributed by atoms with E-state index in [0.29, 0.717) is 38.7 Å². The van der Waals surface area contributed by atoms with Gasteiger partial charge in [-0.3, -0.25) is 34.3 Å². The minimum atomic E-state index is -1.56. The summed E-state index contributed by atoms with van der Waals surface area (Å²) in [6.07, 6.45) is 2.23. The summed E-state index contributed by atoms with van der Waals surface area (Å²) in [6.45, 7) is 0. The average molecular weight is 813 g/mol. The van der Waals surface area contributed by atoms with E-state index in [1.165, 1.54) is 24.1 Å². The van der Waals surface area contributed by atoms with Crippen LogP contribution in [0.25, 0.3) is 0 Å². The van der Waals surface area contributed by atoms with Gasteiger partial charge in [-0.15, -0.1) is 0 Å². The second-order valence-electron chi connectivity index (χ2n) is 15.1. The summed E-state index contributed by atoms with van der Waals surface area (Å²) in [5.41, 5.74) is 4.81. The van der Waals surface area contributed by atoms with Crippen LogP contribution in [0.4, 0.5) is 11.4 Å². The summed E-state index contributed by atoms with van der Waals surface area (Å²) in [7, 11) is 1.54. The maximum Gasteiger partial charge on any atom is 0.260 e. The third-order valence-electron chi connectivity index (χ3n) is 12.2. The van der Waals surface area contributed by atoms with Crippen LogP contribution >= 0.6 is 23.2 Å². The number of amides is 4. The molecule has 12 heteroatoms. The van der Waals surface area contributed by atoms with Gasteiger partial charge in [-0.1, -0.05) is 89.4 Å². The molecule has 1 saturated carbocycles. The Balaban J connectivity index is 1.15. The van der Waals surface area contributed by atoms with Crippen molar-refractivity contribution >= 4 is 64.0 Å². The number of fused-ring (bicyclic) bond motifs is 4. The number of ether oxygens (including phenoxy) is 1. The normalized spacial score (nSPS) is 24.9. The van der Waals surface area contributed by atoms with E-state index in [4.69, 9.17) is 27.9 Å². The number of aromatic hydroxyl groups is 1. The van der Waals surface area contributed by atoms with Crippen LogP contribution in [0.2, 0.25) is 10.0 Å². The molecule has 4 amide bonds. The number of hydrogen-bond donors (Lipinski definition) is 2. The van der Waals surface area contributed by atoms with Crippen molar-refractivity contribution in [1.29, 1.82) is 0 Å². The number of phenolic OH excluding ortho intramolecular Hbond substituents is 1. The molecule has 3 fully saturated rings. The number of hydrazine groups is 1. The lowest BCUT2D eigenvalue weighted by Crippen LogP contribution is -2.53. The molecular weight excluding hydrogens is 777 g/mol. The number of methoxy groups -OCH3 is 1. The van der Waals surface area contributed by atoms with Crippen LogP contribution in [0.15, 0.2) is 133 Å². The third kappa shape index (κ3) is 5.73. The molecule has 2 heterocycles. The number of benzene rings is 5. The van der Waals surface area contributed by atoms with E-state index in [9.17, 15) is 24.3 Å². The zero-order chi connectivity index (χ0) is 40.5. The molecule has 6 unspecified atom stereocenters. The number of imide groups is 2. The molecule has 2 aliphatic carbocycles. The molecule has 0 aromatic heterocycles. The van der Waals surface area contributed by atoms with Crippen LogP contribution in [-0.4, -0.2) is 46.6 Å². The largest absolute Gasteiger partial charge is 0.508 e. The Kier molecular flexibility index (Phi) is 9.21. The van der Waals surface area contributed by atoms with E-state index in [1.54, 1.807) is 103 Å². The second-order valence-corrected chi connectivity index (χ2v) is 15.9. The van der Waals surface area contributed by atoms with E-state index < -0.39 is 52.7 Å². The van der Waals surface area contributed by atoms with Gasteiger partial charge in [0.25, 0.3) is 11.8 Å². The van der Waals surface area contributed by atoms with E-state index in [0.717, 1.165) is 10.6 Å². The number of nitrogens with one attached hydrogen (secondary N) is 1. The maximum atomic E-state index is 15.4. The summed E-state index contributed by atoms with van der Waals surface area (Å²) in [4.78, 5) is 73.7. The molecule has 2 aliphatic heterocycles. The Morgan fingerprint density at radius 3 is 2.21 bits per heavy atom. The number of halogens is 2. The first kappa shape index (κ1) is 37.4. The molecule has 9 rings (SSSR count). The van der Waals surface area contributed by atoms with Crippen molar-refractivity contribution in [2.75, 3.05) is 17.4 Å². The number of carbonyl (C=O) groups is 5. The fourth-order valence-electron chi connectivity index (χ4n) is 9.70. The fourth-order valence-corrected chi connectivity index (χ4v) is 10.1. The Morgan fingerprint density at radius 1 is 0.793 bits per heavy atom. The first-order valence-electron chi connectivity index (χ1n) is 18.8. The lowest BCUT2D eigenvalue weighted by molar-refractivity contribution is -0.138. The van der Waals surface area contributed by atoms with Crippen molar-refractivity contribution in [2.24, 2.45) is 23.7 Å². The van der Waals surface area contributed by atoms with Gasteiger partial charge in [-0.2, -0.15) is 5.01 Å². The Bertz CT molecular complexity index is 2560. The average Bonchev–Trinajstić information content (AvgIpc) is 3.62. The van der Waals surface area contributed by atoms with E-state index in [2.05, 4.69) is 5.43 Å². The molecule has 0 spiro atoms. The predicted molar refractivity (Wildman–Crippen MR) is 218 cm³/mol. The van der Waals surface area contributed by atoms with Crippen LogP contribution in [-0.2, 0) is 24.6 Å². The van der Waals surface area contributed by atoms with Crippen molar-refractivity contribution < 1.29 is 33.8 Å². The highest BCUT2D eigenvalue weighted by Crippen LogP contribution is 2.64. The van der Waals surface area contributed by atoms with Crippen molar-refractivity contribution in [3.05, 3.63) is 165 Å². The topological polar surface area (TPSA) is 133 Å². The van der Waals surface area contributed by atoms with E-state index in [1.807, 2.05) is 12.1 Å². The molecule has 58 heavy (non-hydrogen) atoms. The van der Waals surface area contributed by atoms with E-state index >= 15 is 4.79 Å². The zero-order valence-electron chi connectivity index (χ0n) is 31.0. The highest BCUT2D eigenvalue weighted by Gasteiger charge is 2.70. The number of carbonyl (C=O) groups excluding carboxylic acids is 5. The van der Waals surface area contributed by atoms with Gasteiger partial charge in [0, 0.05) is 22.1 Å². The molecule has 5 aromatic carbocycles. The van der Waals surface area contributed by atoms with Gasteiger partial charge < -0.3 is 9.84 Å². The minimum Gasteiger partial charge on any atom is -0.508 e. The van der Waals surface area contributed by atoms with Gasteiger partial charge >= 0.3 is 0 Å². The highest BCUT2D eigenvalue weighted by molar-refractivity contribution is 6.36. The van der Waals surface area contributed by atoms with Gasteiger partial charge in [0.05, 0.1) is 46.7 Å². The number of phenols is 1. The van der Waals surface area contributed by atoms with Crippen molar-refractivity contribution in [2.45, 2.75) is 24.2 Å².